The SMILES string of the molecule is COC(O)(Oc1ccc2c(=O)cc(-c3ccccc3)oc2c1)SO. The molecule has 1 atom stereocenters. The molecule has 124 valence electrons. The van der Waals surface area contributed by atoms with Crippen LogP contribution in [0.4, 0.5) is 0 Å². The third-order valence-corrected chi connectivity index (χ3v) is 3.86. The van der Waals surface area contributed by atoms with Crippen LogP contribution < -0.4 is 10.2 Å². The van der Waals surface area contributed by atoms with E-state index in [2.05, 4.69) is 4.74 Å². The van der Waals surface area contributed by atoms with Gasteiger partial charge in [-0.25, -0.2) is 0 Å². The summed E-state index contributed by atoms with van der Waals surface area (Å²) in [5.41, 5.74) is 0.863. The van der Waals surface area contributed by atoms with Crippen LogP contribution in [0.1, 0.15) is 0 Å². The first-order valence-electron chi connectivity index (χ1n) is 6.97. The van der Waals surface area contributed by atoms with E-state index in [1.165, 1.54) is 31.4 Å². The van der Waals surface area contributed by atoms with Crippen LogP contribution in [0.3, 0.4) is 0 Å². The van der Waals surface area contributed by atoms with Crippen molar-refractivity contribution in [1.82, 2.24) is 0 Å². The summed E-state index contributed by atoms with van der Waals surface area (Å²) in [5.74, 6) is 0.588. The molecule has 0 saturated heterocycles. The zero-order chi connectivity index (χ0) is 17.2. The maximum atomic E-state index is 12.3. The Kier molecular flexibility index (Phi) is 4.59. The highest BCUT2D eigenvalue weighted by Gasteiger charge is 2.30. The van der Waals surface area contributed by atoms with Gasteiger partial charge in [0.05, 0.1) is 5.39 Å². The molecule has 3 aromatic rings. The fourth-order valence-corrected chi connectivity index (χ4v) is 2.40. The van der Waals surface area contributed by atoms with Crippen LogP contribution in [-0.4, -0.2) is 22.1 Å². The Bertz CT molecular complexity index is 902. The molecule has 0 aliphatic carbocycles. The summed E-state index contributed by atoms with van der Waals surface area (Å²) in [6.45, 7) is 0. The zero-order valence-corrected chi connectivity index (χ0v) is 13.4. The molecular weight excluding hydrogens is 332 g/mol. The van der Waals surface area contributed by atoms with Gasteiger partial charge in [-0.2, -0.15) is 0 Å². The second-order valence-electron chi connectivity index (χ2n) is 4.92. The standard InChI is InChI=1S/C17H14O6S/c1-21-17(19,24-20)23-12-7-8-13-14(18)10-15(22-16(13)9-12)11-5-3-2-4-6-11/h2-10,19-20H,1H3. The van der Waals surface area contributed by atoms with Gasteiger partial charge in [-0.3, -0.25) is 4.79 Å². The summed E-state index contributed by atoms with van der Waals surface area (Å²) >= 11 is -0.00560. The Morgan fingerprint density at radius 3 is 2.54 bits per heavy atom. The van der Waals surface area contributed by atoms with Crippen LogP contribution in [0, 0.1) is 0 Å². The number of hydrogen-bond acceptors (Lipinski definition) is 7. The van der Waals surface area contributed by atoms with E-state index < -0.39 is 5.31 Å². The number of aliphatic hydroxyl groups is 1. The van der Waals surface area contributed by atoms with Gasteiger partial charge in [-0.15, -0.1) is 0 Å². The fraction of sp³-hybridized carbons (Fsp3) is 0.118. The predicted molar refractivity (Wildman–Crippen MR) is 90.7 cm³/mol. The first-order chi connectivity index (χ1) is 11.5. The molecule has 2 N–H and O–H groups in total. The van der Waals surface area contributed by atoms with E-state index in [0.29, 0.717) is 16.7 Å². The molecule has 2 aromatic carbocycles. The lowest BCUT2D eigenvalue weighted by atomic mass is 10.1. The van der Waals surface area contributed by atoms with Crippen LogP contribution in [0.25, 0.3) is 22.3 Å². The van der Waals surface area contributed by atoms with Crippen molar-refractivity contribution in [3.05, 3.63) is 64.8 Å². The monoisotopic (exact) mass is 346 g/mol. The Morgan fingerprint density at radius 2 is 1.88 bits per heavy atom. The van der Waals surface area contributed by atoms with E-state index in [-0.39, 0.29) is 23.2 Å². The molecule has 0 spiro atoms. The van der Waals surface area contributed by atoms with Crippen molar-refractivity contribution in [2.75, 3.05) is 7.11 Å². The number of rotatable bonds is 5. The highest BCUT2D eigenvalue weighted by atomic mass is 32.2. The molecule has 1 heterocycles. The minimum Gasteiger partial charge on any atom is -0.456 e. The first kappa shape index (κ1) is 16.5. The molecule has 0 aliphatic rings. The van der Waals surface area contributed by atoms with Gasteiger partial charge in [0.15, 0.2) is 5.43 Å². The summed E-state index contributed by atoms with van der Waals surface area (Å²) in [6.07, 6.45) is 0. The molecule has 0 fully saturated rings. The molecule has 3 rings (SSSR count). The highest BCUT2D eigenvalue weighted by Crippen LogP contribution is 2.29. The second-order valence-corrected chi connectivity index (χ2v) is 5.62. The van der Waals surface area contributed by atoms with Crippen molar-refractivity contribution in [2.24, 2.45) is 0 Å². The van der Waals surface area contributed by atoms with Gasteiger partial charge in [-0.1, -0.05) is 30.3 Å². The Balaban J connectivity index is 2.07. The summed E-state index contributed by atoms with van der Waals surface area (Å²) in [6, 6.07) is 15.1. The third kappa shape index (κ3) is 3.29. The molecule has 1 aromatic heterocycles. The second kappa shape index (κ2) is 6.66. The van der Waals surface area contributed by atoms with Crippen LogP contribution in [-0.2, 0) is 4.74 Å². The van der Waals surface area contributed by atoms with Crippen molar-refractivity contribution in [3.8, 4) is 17.1 Å². The van der Waals surface area contributed by atoms with Gasteiger partial charge in [0.25, 0.3) is 0 Å². The lowest BCUT2D eigenvalue weighted by Crippen LogP contribution is -2.33. The quantitative estimate of drug-likeness (QED) is 0.541. The Labute approximate surface area is 141 Å². The van der Waals surface area contributed by atoms with Gasteiger partial charge in [0.2, 0.25) is 0 Å². The minimum atomic E-state index is -2.25. The van der Waals surface area contributed by atoms with Crippen LogP contribution in [0.5, 0.6) is 5.75 Å². The maximum Gasteiger partial charge on any atom is 0.405 e. The normalized spacial score (nSPS) is 13.6. The lowest BCUT2D eigenvalue weighted by molar-refractivity contribution is -0.237. The van der Waals surface area contributed by atoms with Crippen molar-refractivity contribution >= 4 is 23.0 Å². The Hall–Kier alpha value is -2.32. The predicted octanol–water partition coefficient (Wildman–Crippen LogP) is 3.30. The topological polar surface area (TPSA) is 89.1 Å². The van der Waals surface area contributed by atoms with Crippen molar-refractivity contribution in [1.29, 1.82) is 0 Å². The van der Waals surface area contributed by atoms with E-state index in [9.17, 15) is 9.90 Å². The number of ether oxygens (including phenoxy) is 2. The molecule has 0 aliphatic heterocycles. The largest absolute Gasteiger partial charge is 0.456 e. The molecule has 7 heteroatoms. The molecule has 0 amide bonds. The van der Waals surface area contributed by atoms with Crippen molar-refractivity contribution in [2.45, 2.75) is 5.31 Å². The van der Waals surface area contributed by atoms with Crippen LogP contribution >= 0.6 is 12.0 Å². The molecule has 1 unspecified atom stereocenters. The van der Waals surface area contributed by atoms with Gasteiger partial charge in [0.1, 0.15) is 29.1 Å². The van der Waals surface area contributed by atoms with Crippen LogP contribution in [0.15, 0.2) is 63.8 Å². The number of methoxy groups -OCH3 is 1. The zero-order valence-electron chi connectivity index (χ0n) is 12.6. The Morgan fingerprint density at radius 1 is 1.12 bits per heavy atom. The van der Waals surface area contributed by atoms with Crippen LogP contribution in [0.2, 0.25) is 0 Å². The summed E-state index contributed by atoms with van der Waals surface area (Å²) in [7, 11) is 1.18. The summed E-state index contributed by atoms with van der Waals surface area (Å²) < 4.78 is 24.7. The molecule has 0 saturated carbocycles. The van der Waals surface area contributed by atoms with E-state index >= 15 is 0 Å². The smallest absolute Gasteiger partial charge is 0.405 e. The lowest BCUT2D eigenvalue weighted by Gasteiger charge is -2.22. The van der Waals surface area contributed by atoms with E-state index in [4.69, 9.17) is 13.7 Å². The van der Waals surface area contributed by atoms with Gasteiger partial charge < -0.3 is 23.6 Å². The van der Waals surface area contributed by atoms with Gasteiger partial charge in [0, 0.05) is 24.8 Å². The maximum absolute atomic E-state index is 12.3. The number of fused-ring (bicyclic) bond motifs is 1. The molecule has 6 nitrogen and oxygen atoms in total. The number of benzene rings is 2. The van der Waals surface area contributed by atoms with Gasteiger partial charge in [-0.05, 0) is 12.1 Å². The molecule has 24 heavy (non-hydrogen) atoms. The average molecular weight is 346 g/mol. The highest BCUT2D eigenvalue weighted by molar-refractivity contribution is 7.94. The molecular formula is C17H14O6S. The van der Waals surface area contributed by atoms with E-state index in [1.54, 1.807) is 0 Å². The molecule has 0 bridgehead atoms. The fourth-order valence-electron chi connectivity index (χ4n) is 2.19. The van der Waals surface area contributed by atoms with Crippen molar-refractivity contribution in [3.63, 3.8) is 0 Å². The van der Waals surface area contributed by atoms with Crippen molar-refractivity contribution < 1.29 is 23.6 Å². The molecule has 0 radical (unpaired) electrons. The third-order valence-electron chi connectivity index (χ3n) is 3.38. The minimum absolute atomic E-state index is 0.00560. The van der Waals surface area contributed by atoms with Gasteiger partial charge >= 0.3 is 5.31 Å². The van der Waals surface area contributed by atoms with E-state index in [0.717, 1.165) is 5.56 Å². The summed E-state index contributed by atoms with van der Waals surface area (Å²) in [5, 5.41) is 7.95. The van der Waals surface area contributed by atoms with E-state index in [1.807, 2.05) is 30.3 Å². The first-order valence-corrected chi connectivity index (χ1v) is 7.74. The number of hydrogen-bond donors (Lipinski definition) is 2. The average Bonchev–Trinajstić information content (AvgIpc) is 2.62. The summed E-state index contributed by atoms with van der Waals surface area (Å²) in [4.78, 5) is 12.3.